The van der Waals surface area contributed by atoms with E-state index in [1.807, 2.05) is 7.05 Å². The van der Waals surface area contributed by atoms with E-state index in [0.29, 0.717) is 24.2 Å². The van der Waals surface area contributed by atoms with E-state index in [2.05, 4.69) is 29.0 Å². The summed E-state index contributed by atoms with van der Waals surface area (Å²) in [6.07, 6.45) is 5.91. The number of nitrogens with zero attached hydrogens (tertiary/aromatic N) is 2. The molecule has 1 aliphatic carbocycles. The summed E-state index contributed by atoms with van der Waals surface area (Å²) in [5.74, 6) is 0.241. The minimum Gasteiger partial charge on any atom is -0.334 e. The smallest absolute Gasteiger partial charge is 0.220 e. The summed E-state index contributed by atoms with van der Waals surface area (Å²) in [5, 5.41) is 3.42. The minimum atomic E-state index is 0.218. The van der Waals surface area contributed by atoms with Crippen LogP contribution in [0.1, 0.15) is 52.9 Å². The predicted octanol–water partition coefficient (Wildman–Crippen LogP) is 1.18. The van der Waals surface area contributed by atoms with Crippen LogP contribution < -0.4 is 11.1 Å². The highest BCUT2D eigenvalue weighted by molar-refractivity contribution is 5.74. The molecule has 5 atom stereocenters. The Morgan fingerprint density at radius 1 is 1.32 bits per heavy atom. The van der Waals surface area contributed by atoms with Gasteiger partial charge >= 0.3 is 0 Å². The fourth-order valence-electron chi connectivity index (χ4n) is 4.50. The highest BCUT2D eigenvalue weighted by atomic mass is 16.2. The van der Waals surface area contributed by atoms with E-state index in [1.54, 1.807) is 6.92 Å². The number of carbonyl (C=O) groups is 1. The number of rotatable bonds is 5. The van der Waals surface area contributed by atoms with Crippen molar-refractivity contribution in [2.24, 2.45) is 5.73 Å². The molecule has 3 N–H and O–H groups in total. The van der Waals surface area contributed by atoms with Crippen LogP contribution in [0.2, 0.25) is 0 Å². The largest absolute Gasteiger partial charge is 0.334 e. The second-order valence-electron chi connectivity index (χ2n) is 7.35. The molecule has 4 unspecified atom stereocenters. The van der Waals surface area contributed by atoms with Crippen LogP contribution >= 0.6 is 0 Å². The lowest BCUT2D eigenvalue weighted by atomic mass is 9.84. The highest BCUT2D eigenvalue weighted by Gasteiger charge is 2.42. The van der Waals surface area contributed by atoms with E-state index in [9.17, 15) is 4.79 Å². The second kappa shape index (κ2) is 7.75. The first-order valence-corrected chi connectivity index (χ1v) is 8.89. The summed E-state index contributed by atoms with van der Waals surface area (Å²) in [6.45, 7) is 8.01. The van der Waals surface area contributed by atoms with Crippen LogP contribution in [-0.4, -0.2) is 66.1 Å². The lowest BCUT2D eigenvalue weighted by molar-refractivity contribution is -0.142. The van der Waals surface area contributed by atoms with Crippen molar-refractivity contribution >= 4 is 5.91 Å². The van der Waals surface area contributed by atoms with Gasteiger partial charge in [0.05, 0.1) is 0 Å². The molecule has 1 heterocycles. The van der Waals surface area contributed by atoms with Crippen LogP contribution in [0.15, 0.2) is 0 Å². The van der Waals surface area contributed by atoms with Gasteiger partial charge in [-0.15, -0.1) is 0 Å². The van der Waals surface area contributed by atoms with Gasteiger partial charge in [0, 0.05) is 50.2 Å². The van der Waals surface area contributed by atoms with Crippen molar-refractivity contribution in [2.75, 3.05) is 20.1 Å². The molecule has 0 radical (unpaired) electrons. The number of hydrogen-bond donors (Lipinski definition) is 2. The molecule has 1 saturated carbocycles. The first-order valence-electron chi connectivity index (χ1n) is 8.89. The zero-order valence-corrected chi connectivity index (χ0v) is 14.7. The molecule has 1 aliphatic heterocycles. The maximum Gasteiger partial charge on any atom is 0.220 e. The van der Waals surface area contributed by atoms with Crippen molar-refractivity contribution in [3.8, 4) is 0 Å². The van der Waals surface area contributed by atoms with Crippen molar-refractivity contribution < 1.29 is 4.79 Å². The average molecular weight is 310 g/mol. The number of fused-ring (bicyclic) bond motifs is 1. The Hall–Kier alpha value is -0.650. The van der Waals surface area contributed by atoms with Gasteiger partial charge in [-0.05, 0) is 40.2 Å². The van der Waals surface area contributed by atoms with Gasteiger partial charge in [0.25, 0.3) is 0 Å². The number of carbonyl (C=O) groups excluding carboxylic acids is 1. The van der Waals surface area contributed by atoms with Gasteiger partial charge in [0.2, 0.25) is 5.91 Å². The Balaban J connectivity index is 2.09. The van der Waals surface area contributed by atoms with Crippen LogP contribution in [0.5, 0.6) is 0 Å². The number of nitrogens with two attached hydrogens (primary N) is 1. The lowest BCUT2D eigenvalue weighted by Gasteiger charge is -2.53. The Bertz CT molecular complexity index is 374. The van der Waals surface area contributed by atoms with E-state index >= 15 is 0 Å². The van der Waals surface area contributed by atoms with Gasteiger partial charge < -0.3 is 16.0 Å². The Morgan fingerprint density at radius 2 is 1.95 bits per heavy atom. The first-order chi connectivity index (χ1) is 10.4. The molecule has 2 aliphatic rings. The molecule has 22 heavy (non-hydrogen) atoms. The monoisotopic (exact) mass is 310 g/mol. The molecule has 1 saturated heterocycles. The minimum absolute atomic E-state index is 0.218. The number of nitrogens with one attached hydrogen (secondary N) is 1. The Kier molecular flexibility index (Phi) is 6.24. The second-order valence-corrected chi connectivity index (χ2v) is 7.35. The molecule has 0 aromatic heterocycles. The van der Waals surface area contributed by atoms with Crippen LogP contribution in [0.25, 0.3) is 0 Å². The van der Waals surface area contributed by atoms with Gasteiger partial charge in [-0.2, -0.15) is 0 Å². The molecule has 2 fully saturated rings. The maximum absolute atomic E-state index is 12.1. The SMILES string of the molecule is CNC(CC(C)N)CN1C[C@H](C)N(C(C)=O)C2CCCCC21. The third kappa shape index (κ3) is 4.00. The van der Waals surface area contributed by atoms with Crippen molar-refractivity contribution in [3.05, 3.63) is 0 Å². The van der Waals surface area contributed by atoms with E-state index in [4.69, 9.17) is 5.73 Å². The summed E-state index contributed by atoms with van der Waals surface area (Å²) >= 11 is 0. The Labute approximate surface area is 135 Å². The fraction of sp³-hybridized carbons (Fsp3) is 0.941. The summed E-state index contributed by atoms with van der Waals surface area (Å²) in [7, 11) is 2.03. The van der Waals surface area contributed by atoms with Gasteiger partial charge in [0.15, 0.2) is 0 Å². The maximum atomic E-state index is 12.1. The van der Waals surface area contributed by atoms with Crippen LogP contribution in [-0.2, 0) is 4.79 Å². The predicted molar refractivity (Wildman–Crippen MR) is 90.7 cm³/mol. The molecular formula is C17H34N4O. The van der Waals surface area contributed by atoms with E-state index < -0.39 is 0 Å². The molecule has 5 heteroatoms. The topological polar surface area (TPSA) is 61.6 Å². The number of piperazine rings is 1. The zero-order valence-electron chi connectivity index (χ0n) is 14.7. The van der Waals surface area contributed by atoms with E-state index in [-0.39, 0.29) is 11.9 Å². The Morgan fingerprint density at radius 3 is 2.50 bits per heavy atom. The average Bonchev–Trinajstić information content (AvgIpc) is 2.45. The normalized spacial score (nSPS) is 32.4. The molecule has 0 spiro atoms. The van der Waals surface area contributed by atoms with Crippen molar-refractivity contribution in [2.45, 2.75) is 83.1 Å². The van der Waals surface area contributed by atoms with Crippen molar-refractivity contribution in [1.82, 2.24) is 15.1 Å². The molecule has 0 bridgehead atoms. The summed E-state index contributed by atoms with van der Waals surface area (Å²) in [6, 6.07) is 1.89. The van der Waals surface area contributed by atoms with E-state index in [1.165, 1.54) is 19.3 Å². The highest BCUT2D eigenvalue weighted by Crippen LogP contribution is 2.33. The third-order valence-electron chi connectivity index (χ3n) is 5.38. The van der Waals surface area contributed by atoms with Gasteiger partial charge in [0.1, 0.15) is 0 Å². The number of likely N-dealkylation sites (N-methyl/N-ethyl adjacent to an activating group) is 1. The third-order valence-corrected chi connectivity index (χ3v) is 5.38. The summed E-state index contributed by atoms with van der Waals surface area (Å²) in [5.41, 5.74) is 5.98. The van der Waals surface area contributed by atoms with Gasteiger partial charge in [-0.1, -0.05) is 12.8 Å². The molecular weight excluding hydrogens is 276 g/mol. The number of hydrogen-bond acceptors (Lipinski definition) is 4. The molecule has 0 aromatic carbocycles. The van der Waals surface area contributed by atoms with Crippen LogP contribution in [0.3, 0.4) is 0 Å². The summed E-state index contributed by atoms with van der Waals surface area (Å²) < 4.78 is 0. The standard InChI is InChI=1S/C17H34N4O/c1-12(18)9-15(19-4)11-20-10-13(2)21(14(3)22)17-8-6-5-7-16(17)20/h12-13,15-17,19H,5-11,18H2,1-4H3/t12?,13-,15?,16?,17?/m0/s1. The molecule has 128 valence electrons. The van der Waals surface area contributed by atoms with Gasteiger partial charge in [-0.3, -0.25) is 9.69 Å². The molecule has 1 amide bonds. The molecule has 0 aromatic rings. The van der Waals surface area contributed by atoms with Crippen molar-refractivity contribution in [1.29, 1.82) is 0 Å². The lowest BCUT2D eigenvalue weighted by Crippen LogP contribution is -2.66. The van der Waals surface area contributed by atoms with E-state index in [0.717, 1.165) is 25.9 Å². The first kappa shape index (κ1) is 17.7. The fourth-order valence-corrected chi connectivity index (χ4v) is 4.50. The van der Waals surface area contributed by atoms with Crippen molar-refractivity contribution in [3.63, 3.8) is 0 Å². The van der Waals surface area contributed by atoms with Crippen LogP contribution in [0, 0.1) is 0 Å². The number of amides is 1. The zero-order chi connectivity index (χ0) is 16.3. The van der Waals surface area contributed by atoms with Gasteiger partial charge in [-0.25, -0.2) is 0 Å². The quantitative estimate of drug-likeness (QED) is 0.800. The summed E-state index contributed by atoms with van der Waals surface area (Å²) in [4.78, 5) is 16.8. The van der Waals surface area contributed by atoms with Crippen LogP contribution in [0.4, 0.5) is 0 Å². The molecule has 5 nitrogen and oxygen atoms in total. The molecule has 2 rings (SSSR count).